The highest BCUT2D eigenvalue weighted by Gasteiger charge is 2.38. The molecule has 0 aromatic heterocycles. The summed E-state index contributed by atoms with van der Waals surface area (Å²) in [6.45, 7) is 7.51. The van der Waals surface area contributed by atoms with Gasteiger partial charge in [0.2, 0.25) is 0 Å². The highest BCUT2D eigenvalue weighted by molar-refractivity contribution is 6.08. The fourth-order valence-corrected chi connectivity index (χ4v) is 2.26. The van der Waals surface area contributed by atoms with Crippen molar-refractivity contribution in [2.75, 3.05) is 19.7 Å². The maximum Gasteiger partial charge on any atom is 0.410 e. The Labute approximate surface area is 156 Å². The van der Waals surface area contributed by atoms with Crippen molar-refractivity contribution in [1.29, 1.82) is 0 Å². The predicted octanol–water partition coefficient (Wildman–Crippen LogP) is 2.79. The van der Waals surface area contributed by atoms with Crippen LogP contribution in [0.25, 0.3) is 0 Å². The number of ether oxygens (including phenoxy) is 2. The molecule has 1 heterocycles. The highest BCUT2D eigenvalue weighted by atomic mass is 19.4. The van der Waals surface area contributed by atoms with Gasteiger partial charge in [-0.2, -0.15) is 13.2 Å². The molecule has 0 aromatic carbocycles. The van der Waals surface area contributed by atoms with Crippen molar-refractivity contribution in [1.82, 2.24) is 4.90 Å². The molecule has 1 aliphatic heterocycles. The van der Waals surface area contributed by atoms with Crippen molar-refractivity contribution in [2.24, 2.45) is 10.7 Å². The molecule has 0 bridgehead atoms. The number of aliphatic imine (C=N–C) groups is 1. The number of hydrogen-bond acceptors (Lipinski definition) is 6. The first-order valence-electron chi connectivity index (χ1n) is 8.53. The van der Waals surface area contributed by atoms with E-state index < -0.39 is 29.9 Å². The monoisotopic (exact) mass is 393 g/mol. The van der Waals surface area contributed by atoms with Crippen LogP contribution in [0.5, 0.6) is 0 Å². The number of piperidine rings is 1. The van der Waals surface area contributed by atoms with E-state index in [2.05, 4.69) is 4.99 Å². The molecule has 1 atom stereocenters. The standard InChI is InChI=1S/C17H26F3N3O4/c1-6-26-14(24)13(21)11-9-23(15(25)27-16(3,4)5)8-7-12(11)22-10(2)17(18,19)20/h10H,6-9,21H2,1-5H3/b13-11-,22-12?/t10-/m1/s1. The van der Waals surface area contributed by atoms with Crippen molar-refractivity contribution in [3.8, 4) is 0 Å². The average molecular weight is 393 g/mol. The Bertz CT molecular complexity index is 636. The van der Waals surface area contributed by atoms with Crippen LogP contribution < -0.4 is 5.73 Å². The van der Waals surface area contributed by atoms with E-state index in [1.807, 2.05) is 0 Å². The summed E-state index contributed by atoms with van der Waals surface area (Å²) in [5.74, 6) is -0.870. The van der Waals surface area contributed by atoms with Gasteiger partial charge in [-0.05, 0) is 34.6 Å². The maximum atomic E-state index is 12.9. The lowest BCUT2D eigenvalue weighted by molar-refractivity contribution is -0.142. The zero-order valence-corrected chi connectivity index (χ0v) is 16.1. The van der Waals surface area contributed by atoms with Gasteiger partial charge in [-0.1, -0.05) is 0 Å². The first-order chi connectivity index (χ1) is 12.3. The number of nitrogens with two attached hydrogens (primary N) is 1. The number of nitrogens with zero attached hydrogens (tertiary/aromatic N) is 2. The largest absolute Gasteiger partial charge is 0.461 e. The summed E-state index contributed by atoms with van der Waals surface area (Å²) in [5.41, 5.74) is 4.78. The van der Waals surface area contributed by atoms with Crippen LogP contribution in [0.1, 0.15) is 41.0 Å². The molecule has 0 aliphatic carbocycles. The molecule has 1 fully saturated rings. The lowest BCUT2D eigenvalue weighted by Crippen LogP contribution is -2.44. The van der Waals surface area contributed by atoms with Gasteiger partial charge in [0.25, 0.3) is 0 Å². The lowest BCUT2D eigenvalue weighted by atomic mass is 9.99. The Morgan fingerprint density at radius 3 is 2.37 bits per heavy atom. The van der Waals surface area contributed by atoms with E-state index in [0.717, 1.165) is 6.92 Å². The van der Waals surface area contributed by atoms with Gasteiger partial charge in [0, 0.05) is 24.3 Å². The van der Waals surface area contributed by atoms with Crippen molar-refractivity contribution < 1.29 is 32.2 Å². The fourth-order valence-electron chi connectivity index (χ4n) is 2.26. The van der Waals surface area contributed by atoms with Crippen LogP contribution >= 0.6 is 0 Å². The summed E-state index contributed by atoms with van der Waals surface area (Å²) in [5, 5.41) is 0. The fraction of sp³-hybridized carbons (Fsp3) is 0.706. The van der Waals surface area contributed by atoms with E-state index in [4.69, 9.17) is 15.2 Å². The molecular formula is C17H26F3N3O4. The minimum Gasteiger partial charge on any atom is -0.461 e. The molecule has 154 valence electrons. The van der Waals surface area contributed by atoms with Crippen LogP contribution in [0.4, 0.5) is 18.0 Å². The summed E-state index contributed by atoms with van der Waals surface area (Å²) < 4.78 is 48.7. The Balaban J connectivity index is 3.21. The zero-order valence-electron chi connectivity index (χ0n) is 16.1. The van der Waals surface area contributed by atoms with Crippen LogP contribution in [-0.4, -0.2) is 60.2 Å². The third-order valence-corrected chi connectivity index (χ3v) is 3.61. The molecular weight excluding hydrogens is 367 g/mol. The zero-order chi connectivity index (χ0) is 21.0. The van der Waals surface area contributed by atoms with Gasteiger partial charge in [0.1, 0.15) is 17.3 Å². The van der Waals surface area contributed by atoms with E-state index in [9.17, 15) is 22.8 Å². The van der Waals surface area contributed by atoms with E-state index in [1.54, 1.807) is 27.7 Å². The molecule has 0 unspecified atom stereocenters. The van der Waals surface area contributed by atoms with Crippen molar-refractivity contribution in [3.05, 3.63) is 11.3 Å². The smallest absolute Gasteiger partial charge is 0.410 e. The molecule has 2 N–H and O–H groups in total. The van der Waals surface area contributed by atoms with Crippen LogP contribution in [0.15, 0.2) is 16.3 Å². The molecule has 0 aromatic rings. The third kappa shape index (κ3) is 6.76. The molecule has 1 aliphatic rings. The number of esters is 1. The van der Waals surface area contributed by atoms with Crippen LogP contribution in [0.2, 0.25) is 0 Å². The van der Waals surface area contributed by atoms with Gasteiger partial charge in [0.05, 0.1) is 13.2 Å². The second kappa shape index (κ2) is 8.62. The van der Waals surface area contributed by atoms with Crippen LogP contribution in [0.3, 0.4) is 0 Å². The molecule has 7 nitrogen and oxygen atoms in total. The van der Waals surface area contributed by atoms with Gasteiger partial charge < -0.3 is 20.1 Å². The SMILES string of the molecule is CCOC(=O)/C(N)=C1\CN(C(=O)OC(C)(C)C)CCC1=N[C@H](C)C(F)(F)F. The van der Waals surface area contributed by atoms with Crippen molar-refractivity contribution >= 4 is 17.8 Å². The van der Waals surface area contributed by atoms with E-state index >= 15 is 0 Å². The Morgan fingerprint density at radius 2 is 1.89 bits per heavy atom. The summed E-state index contributed by atoms with van der Waals surface area (Å²) in [6.07, 6.45) is -5.17. The number of halogens is 3. The number of amides is 1. The summed E-state index contributed by atoms with van der Waals surface area (Å²) >= 11 is 0. The number of carbonyl (C=O) groups excluding carboxylic acids is 2. The summed E-state index contributed by atoms with van der Waals surface area (Å²) in [7, 11) is 0. The van der Waals surface area contributed by atoms with Gasteiger partial charge in [-0.25, -0.2) is 9.59 Å². The molecule has 0 saturated carbocycles. The van der Waals surface area contributed by atoms with E-state index in [-0.39, 0.29) is 43.1 Å². The normalized spacial score (nSPS) is 20.3. The molecule has 0 spiro atoms. The second-order valence-electron chi connectivity index (χ2n) is 7.06. The number of hydrogen-bond donors (Lipinski definition) is 1. The maximum absolute atomic E-state index is 12.9. The van der Waals surface area contributed by atoms with E-state index in [0.29, 0.717) is 0 Å². The second-order valence-corrected chi connectivity index (χ2v) is 7.06. The third-order valence-electron chi connectivity index (χ3n) is 3.61. The molecule has 1 amide bonds. The summed E-state index contributed by atoms with van der Waals surface area (Å²) in [6, 6.07) is -1.97. The molecule has 27 heavy (non-hydrogen) atoms. The molecule has 0 radical (unpaired) electrons. The Hall–Kier alpha value is -2.26. The topological polar surface area (TPSA) is 94.2 Å². The number of alkyl halides is 3. The number of rotatable bonds is 3. The quantitative estimate of drug-likeness (QED) is 0.588. The molecule has 1 saturated heterocycles. The Kier molecular flexibility index (Phi) is 7.27. The van der Waals surface area contributed by atoms with Gasteiger partial charge >= 0.3 is 18.2 Å². The predicted molar refractivity (Wildman–Crippen MR) is 93.2 cm³/mol. The molecule has 1 rings (SSSR count). The summed E-state index contributed by atoms with van der Waals surface area (Å²) in [4.78, 5) is 29.2. The average Bonchev–Trinajstić information content (AvgIpc) is 2.52. The lowest BCUT2D eigenvalue weighted by Gasteiger charge is -2.32. The highest BCUT2D eigenvalue weighted by Crippen LogP contribution is 2.26. The number of likely N-dealkylation sites (tertiary alicyclic amines) is 1. The van der Waals surface area contributed by atoms with Gasteiger partial charge in [0.15, 0.2) is 0 Å². The van der Waals surface area contributed by atoms with Crippen LogP contribution in [0, 0.1) is 0 Å². The minimum atomic E-state index is -4.53. The first-order valence-corrected chi connectivity index (χ1v) is 8.53. The van der Waals surface area contributed by atoms with Crippen LogP contribution in [-0.2, 0) is 14.3 Å². The van der Waals surface area contributed by atoms with Gasteiger partial charge in [-0.3, -0.25) is 4.99 Å². The Morgan fingerprint density at radius 1 is 1.30 bits per heavy atom. The van der Waals surface area contributed by atoms with E-state index in [1.165, 1.54) is 4.90 Å². The minimum absolute atomic E-state index is 0.00903. The number of carbonyl (C=O) groups is 2. The van der Waals surface area contributed by atoms with Gasteiger partial charge in [-0.15, -0.1) is 0 Å². The first kappa shape index (κ1) is 22.8. The van der Waals surface area contributed by atoms with Crippen molar-refractivity contribution in [2.45, 2.75) is 58.9 Å². The molecule has 10 heteroatoms. The van der Waals surface area contributed by atoms with Crippen molar-refractivity contribution in [3.63, 3.8) is 0 Å².